The molecule has 124 valence electrons. The summed E-state index contributed by atoms with van der Waals surface area (Å²) in [5.74, 6) is 0. The van der Waals surface area contributed by atoms with E-state index in [9.17, 15) is 0 Å². The average molecular weight is 312 g/mol. The third-order valence-corrected chi connectivity index (χ3v) is 4.31. The van der Waals surface area contributed by atoms with E-state index in [1.807, 2.05) is 0 Å². The molecule has 0 aliphatic rings. The molecule has 0 saturated carbocycles. The quantitative estimate of drug-likeness (QED) is 0.797. The number of likely N-dealkylation sites (N-methyl/N-ethyl adjacent to an activating group) is 1. The molecule has 0 amide bonds. The zero-order chi connectivity index (χ0) is 16.7. The molecule has 2 aromatic carbocycles. The van der Waals surface area contributed by atoms with E-state index < -0.39 is 0 Å². The summed E-state index contributed by atoms with van der Waals surface area (Å²) in [5.41, 5.74) is 4.89. The summed E-state index contributed by atoms with van der Waals surface area (Å²) in [5, 5.41) is 9.13. The summed E-state index contributed by atoms with van der Waals surface area (Å²) in [4.78, 5) is 4.52. The zero-order valence-corrected chi connectivity index (χ0v) is 14.5. The second-order valence-electron chi connectivity index (χ2n) is 5.57. The smallest absolute Gasteiger partial charge is 0.0606 e. The molecule has 0 fully saturated rings. The first-order valence-corrected chi connectivity index (χ1v) is 8.54. The Hall–Kier alpha value is -2.00. The summed E-state index contributed by atoms with van der Waals surface area (Å²) in [7, 11) is 0. The third-order valence-electron chi connectivity index (χ3n) is 4.31. The summed E-state index contributed by atoms with van der Waals surface area (Å²) < 4.78 is 0. The lowest BCUT2D eigenvalue weighted by atomic mass is 10.0. The minimum absolute atomic E-state index is 0.183. The molecule has 2 rings (SSSR count). The molecule has 2 aromatic rings. The van der Waals surface area contributed by atoms with Gasteiger partial charge in [-0.05, 0) is 56.2 Å². The van der Waals surface area contributed by atoms with Crippen molar-refractivity contribution in [2.75, 3.05) is 42.6 Å². The second-order valence-corrected chi connectivity index (χ2v) is 5.57. The van der Waals surface area contributed by atoms with Crippen LogP contribution >= 0.6 is 0 Å². The van der Waals surface area contributed by atoms with Gasteiger partial charge in [-0.15, -0.1) is 0 Å². The lowest BCUT2D eigenvalue weighted by molar-refractivity contribution is 0.302. The highest BCUT2D eigenvalue weighted by atomic mass is 16.3. The van der Waals surface area contributed by atoms with Crippen LogP contribution < -0.4 is 9.80 Å². The predicted octanol–water partition coefficient (Wildman–Crippen LogP) is 4.02. The van der Waals surface area contributed by atoms with Crippen LogP contribution in [0, 0.1) is 0 Å². The molecule has 23 heavy (non-hydrogen) atoms. The zero-order valence-electron chi connectivity index (χ0n) is 14.5. The van der Waals surface area contributed by atoms with Crippen LogP contribution in [0.15, 0.2) is 48.5 Å². The van der Waals surface area contributed by atoms with Crippen molar-refractivity contribution in [1.29, 1.82) is 0 Å². The van der Waals surface area contributed by atoms with Crippen molar-refractivity contribution in [2.45, 2.75) is 20.8 Å². The first kappa shape index (κ1) is 17.4. The van der Waals surface area contributed by atoms with E-state index in [0.717, 1.165) is 25.3 Å². The van der Waals surface area contributed by atoms with Crippen LogP contribution in [-0.2, 0) is 0 Å². The van der Waals surface area contributed by atoms with Crippen LogP contribution in [0.2, 0.25) is 0 Å². The van der Waals surface area contributed by atoms with E-state index in [0.29, 0.717) is 6.54 Å². The monoisotopic (exact) mass is 312 g/mol. The van der Waals surface area contributed by atoms with Gasteiger partial charge >= 0.3 is 0 Å². The number of benzene rings is 2. The van der Waals surface area contributed by atoms with Crippen LogP contribution in [-0.4, -0.2) is 37.9 Å². The number of rotatable bonds is 8. The van der Waals surface area contributed by atoms with Gasteiger partial charge in [-0.25, -0.2) is 0 Å². The maximum Gasteiger partial charge on any atom is 0.0606 e. The van der Waals surface area contributed by atoms with Crippen molar-refractivity contribution in [1.82, 2.24) is 0 Å². The average Bonchev–Trinajstić information content (AvgIpc) is 2.61. The van der Waals surface area contributed by atoms with Crippen LogP contribution in [0.5, 0.6) is 0 Å². The molecule has 0 bridgehead atoms. The minimum Gasteiger partial charge on any atom is -0.395 e. The first-order chi connectivity index (χ1) is 11.2. The van der Waals surface area contributed by atoms with Crippen LogP contribution in [0.25, 0.3) is 11.1 Å². The molecule has 0 saturated heterocycles. The molecule has 3 nitrogen and oxygen atoms in total. The Balaban J connectivity index is 2.16. The fraction of sp³-hybridized carbons (Fsp3) is 0.400. The van der Waals surface area contributed by atoms with Crippen molar-refractivity contribution in [3.63, 3.8) is 0 Å². The van der Waals surface area contributed by atoms with Gasteiger partial charge in [0.05, 0.1) is 6.61 Å². The molecule has 3 heteroatoms. The predicted molar refractivity (Wildman–Crippen MR) is 100 cm³/mol. The summed E-state index contributed by atoms with van der Waals surface area (Å²) >= 11 is 0. The fourth-order valence-corrected chi connectivity index (χ4v) is 2.91. The molecule has 0 heterocycles. The van der Waals surface area contributed by atoms with Gasteiger partial charge in [-0.3, -0.25) is 0 Å². The van der Waals surface area contributed by atoms with E-state index in [1.165, 1.54) is 16.8 Å². The van der Waals surface area contributed by atoms with Crippen molar-refractivity contribution in [3.8, 4) is 11.1 Å². The summed E-state index contributed by atoms with van der Waals surface area (Å²) in [6, 6.07) is 17.3. The van der Waals surface area contributed by atoms with Crippen molar-refractivity contribution in [3.05, 3.63) is 48.5 Å². The van der Waals surface area contributed by atoms with Crippen LogP contribution in [0.1, 0.15) is 20.8 Å². The molecular formula is C20H28N2O. The van der Waals surface area contributed by atoms with Crippen molar-refractivity contribution < 1.29 is 5.11 Å². The molecule has 1 N–H and O–H groups in total. The van der Waals surface area contributed by atoms with E-state index in [4.69, 9.17) is 5.11 Å². The molecule has 0 atom stereocenters. The summed E-state index contributed by atoms with van der Waals surface area (Å²) in [6.07, 6.45) is 0. The van der Waals surface area contributed by atoms with Gasteiger partial charge in [0.15, 0.2) is 0 Å². The Bertz CT molecular complexity index is 574. The molecule has 0 radical (unpaired) electrons. The number of hydrogen-bond donors (Lipinski definition) is 1. The van der Waals surface area contributed by atoms with E-state index in [-0.39, 0.29) is 6.61 Å². The van der Waals surface area contributed by atoms with Gasteiger partial charge in [0.25, 0.3) is 0 Å². The summed E-state index contributed by atoms with van der Waals surface area (Å²) in [6.45, 7) is 10.3. The highest BCUT2D eigenvalue weighted by Gasteiger charge is 2.05. The standard InChI is InChI=1S/C20H28N2O/c1-4-21(5-2)19-11-7-17(8-12-19)18-9-13-20(14-10-18)22(6-3)15-16-23/h7-14,23H,4-6,15-16H2,1-3H3. The Morgan fingerprint density at radius 3 is 1.39 bits per heavy atom. The minimum atomic E-state index is 0.183. The van der Waals surface area contributed by atoms with Crippen LogP contribution in [0.3, 0.4) is 0 Å². The number of aliphatic hydroxyl groups is 1. The second kappa shape index (κ2) is 8.59. The molecule has 0 unspecified atom stereocenters. The van der Waals surface area contributed by atoms with Crippen LogP contribution in [0.4, 0.5) is 11.4 Å². The number of nitrogens with zero attached hydrogens (tertiary/aromatic N) is 2. The SMILES string of the molecule is CCN(CC)c1ccc(-c2ccc(N(CC)CCO)cc2)cc1. The maximum absolute atomic E-state index is 9.13. The lowest BCUT2D eigenvalue weighted by Crippen LogP contribution is -2.25. The molecule has 0 aromatic heterocycles. The Kier molecular flexibility index (Phi) is 6.48. The van der Waals surface area contributed by atoms with Crippen molar-refractivity contribution in [2.24, 2.45) is 0 Å². The Labute approximate surface area is 140 Å². The van der Waals surface area contributed by atoms with Gasteiger partial charge in [-0.2, -0.15) is 0 Å². The van der Waals surface area contributed by atoms with Crippen molar-refractivity contribution >= 4 is 11.4 Å². The Morgan fingerprint density at radius 1 is 0.652 bits per heavy atom. The fourth-order valence-electron chi connectivity index (χ4n) is 2.91. The molecule has 0 spiro atoms. The maximum atomic E-state index is 9.13. The molecule has 0 aliphatic heterocycles. The van der Waals surface area contributed by atoms with Gasteiger partial charge in [0.2, 0.25) is 0 Å². The van der Waals surface area contributed by atoms with Gasteiger partial charge < -0.3 is 14.9 Å². The highest BCUT2D eigenvalue weighted by Crippen LogP contribution is 2.25. The number of aliphatic hydroxyl groups excluding tert-OH is 1. The lowest BCUT2D eigenvalue weighted by Gasteiger charge is -2.22. The largest absolute Gasteiger partial charge is 0.395 e. The van der Waals surface area contributed by atoms with Gasteiger partial charge in [0, 0.05) is 37.6 Å². The molecule has 0 aliphatic carbocycles. The van der Waals surface area contributed by atoms with Gasteiger partial charge in [0.1, 0.15) is 0 Å². The normalized spacial score (nSPS) is 10.6. The van der Waals surface area contributed by atoms with E-state index in [1.54, 1.807) is 0 Å². The highest BCUT2D eigenvalue weighted by molar-refractivity contribution is 5.68. The van der Waals surface area contributed by atoms with E-state index >= 15 is 0 Å². The van der Waals surface area contributed by atoms with Gasteiger partial charge in [-0.1, -0.05) is 24.3 Å². The number of hydrogen-bond acceptors (Lipinski definition) is 3. The van der Waals surface area contributed by atoms with E-state index in [2.05, 4.69) is 79.1 Å². The topological polar surface area (TPSA) is 26.7 Å². The number of anilines is 2. The third kappa shape index (κ3) is 4.26. The first-order valence-electron chi connectivity index (χ1n) is 8.54. The Morgan fingerprint density at radius 2 is 1.04 bits per heavy atom. The molecular weight excluding hydrogens is 284 g/mol.